The highest BCUT2D eigenvalue weighted by Crippen LogP contribution is 2.33. The van der Waals surface area contributed by atoms with Gasteiger partial charge in [0.15, 0.2) is 0 Å². The molecular weight excluding hydrogens is 324 g/mol. The van der Waals surface area contributed by atoms with Crippen molar-refractivity contribution in [2.24, 2.45) is 0 Å². The number of aromatic nitrogens is 2. The van der Waals surface area contributed by atoms with Gasteiger partial charge >= 0.3 is 0 Å². The molecule has 0 atom stereocenters. The minimum atomic E-state index is 0.653. The van der Waals surface area contributed by atoms with Gasteiger partial charge in [0, 0.05) is 30.5 Å². The van der Waals surface area contributed by atoms with Crippen LogP contribution in [-0.2, 0) is 13.0 Å². The first-order valence-corrected chi connectivity index (χ1v) is 8.81. The second kappa shape index (κ2) is 7.04. The average Bonchev–Trinajstić information content (AvgIpc) is 3.10. The largest absolute Gasteiger partial charge is 0.497 e. The smallest absolute Gasteiger partial charge is 0.225 e. The van der Waals surface area contributed by atoms with E-state index in [9.17, 15) is 0 Å². The summed E-state index contributed by atoms with van der Waals surface area (Å²) in [6, 6.07) is 18.6. The minimum absolute atomic E-state index is 0.653. The number of hydrogen-bond donors (Lipinski definition) is 1. The van der Waals surface area contributed by atoms with Crippen LogP contribution in [0.5, 0.6) is 5.75 Å². The molecule has 0 saturated carbocycles. The summed E-state index contributed by atoms with van der Waals surface area (Å²) in [6.07, 6.45) is 1.05. The lowest BCUT2D eigenvalue weighted by Crippen LogP contribution is -2.16. The minimum Gasteiger partial charge on any atom is -0.497 e. The molecule has 0 unspecified atom stereocenters. The molecule has 1 aliphatic rings. The van der Waals surface area contributed by atoms with Crippen LogP contribution in [0, 0.1) is 6.92 Å². The van der Waals surface area contributed by atoms with Gasteiger partial charge in [0.2, 0.25) is 5.95 Å². The molecule has 2 heterocycles. The molecule has 0 radical (unpaired) electrons. The molecule has 5 heteroatoms. The molecule has 2 aromatic carbocycles. The third kappa shape index (κ3) is 3.33. The number of ether oxygens (including phenoxy) is 1. The van der Waals surface area contributed by atoms with Crippen LogP contribution in [0.4, 0.5) is 17.5 Å². The molecule has 4 rings (SSSR count). The molecule has 132 valence electrons. The normalized spacial score (nSPS) is 12.8. The van der Waals surface area contributed by atoms with Crippen molar-refractivity contribution >= 4 is 17.5 Å². The first kappa shape index (κ1) is 16.4. The van der Waals surface area contributed by atoms with Gasteiger partial charge in [-0.2, -0.15) is 4.98 Å². The van der Waals surface area contributed by atoms with Gasteiger partial charge in [0.25, 0.3) is 0 Å². The molecule has 0 bridgehead atoms. The fourth-order valence-electron chi connectivity index (χ4n) is 3.27. The van der Waals surface area contributed by atoms with E-state index < -0.39 is 0 Å². The van der Waals surface area contributed by atoms with E-state index in [0.29, 0.717) is 12.5 Å². The number of nitrogens with one attached hydrogen (secondary N) is 1. The maximum atomic E-state index is 5.20. The van der Waals surface area contributed by atoms with Gasteiger partial charge in [-0.05, 0) is 42.7 Å². The lowest BCUT2D eigenvalue weighted by Gasteiger charge is -2.19. The van der Waals surface area contributed by atoms with Crippen LogP contribution in [0.25, 0.3) is 0 Å². The van der Waals surface area contributed by atoms with Crippen molar-refractivity contribution in [2.45, 2.75) is 19.9 Å². The summed E-state index contributed by atoms with van der Waals surface area (Å²) in [5.74, 6) is 2.45. The van der Waals surface area contributed by atoms with Crippen molar-refractivity contribution in [3.05, 3.63) is 71.4 Å². The van der Waals surface area contributed by atoms with Crippen molar-refractivity contribution in [3.63, 3.8) is 0 Å². The summed E-state index contributed by atoms with van der Waals surface area (Å²) in [5, 5.41) is 3.34. The lowest BCUT2D eigenvalue weighted by atomic mass is 10.2. The van der Waals surface area contributed by atoms with Crippen molar-refractivity contribution in [1.29, 1.82) is 0 Å². The quantitative estimate of drug-likeness (QED) is 0.754. The van der Waals surface area contributed by atoms with E-state index >= 15 is 0 Å². The van der Waals surface area contributed by atoms with Crippen molar-refractivity contribution in [2.75, 3.05) is 23.9 Å². The van der Waals surface area contributed by atoms with Crippen molar-refractivity contribution < 1.29 is 4.74 Å². The Bertz CT molecular complexity index is 908. The van der Waals surface area contributed by atoms with E-state index in [1.165, 1.54) is 11.3 Å². The first-order chi connectivity index (χ1) is 12.7. The fraction of sp³-hybridized carbons (Fsp3) is 0.238. The Morgan fingerprint density at radius 1 is 1.08 bits per heavy atom. The van der Waals surface area contributed by atoms with E-state index in [1.54, 1.807) is 7.11 Å². The van der Waals surface area contributed by atoms with Crippen LogP contribution < -0.4 is 15.0 Å². The fourth-order valence-corrected chi connectivity index (χ4v) is 3.27. The zero-order chi connectivity index (χ0) is 17.9. The van der Waals surface area contributed by atoms with Gasteiger partial charge in [-0.1, -0.05) is 30.3 Å². The van der Waals surface area contributed by atoms with E-state index in [2.05, 4.69) is 39.5 Å². The SMILES string of the molecule is COc1ccc(CNc2nc(C)cc(N3CCc4ccccc43)n2)cc1. The van der Waals surface area contributed by atoms with Crippen LogP contribution in [0.15, 0.2) is 54.6 Å². The van der Waals surface area contributed by atoms with Crippen LogP contribution in [0.1, 0.15) is 16.8 Å². The predicted molar refractivity (Wildman–Crippen MR) is 104 cm³/mol. The molecule has 3 aromatic rings. The highest BCUT2D eigenvalue weighted by Gasteiger charge is 2.21. The average molecular weight is 346 g/mol. The number of methoxy groups -OCH3 is 1. The predicted octanol–water partition coefficient (Wildman–Crippen LogP) is 4.10. The second-order valence-corrected chi connectivity index (χ2v) is 6.42. The van der Waals surface area contributed by atoms with Crippen LogP contribution in [-0.4, -0.2) is 23.6 Å². The lowest BCUT2D eigenvalue weighted by molar-refractivity contribution is 0.414. The number of rotatable bonds is 5. The van der Waals surface area contributed by atoms with Crippen molar-refractivity contribution in [3.8, 4) is 5.75 Å². The van der Waals surface area contributed by atoms with Gasteiger partial charge < -0.3 is 15.0 Å². The Labute approximate surface area is 153 Å². The number of para-hydroxylation sites is 1. The van der Waals surface area contributed by atoms with Gasteiger partial charge in [-0.15, -0.1) is 0 Å². The molecule has 0 fully saturated rings. The number of hydrogen-bond acceptors (Lipinski definition) is 5. The zero-order valence-electron chi connectivity index (χ0n) is 15.1. The highest BCUT2D eigenvalue weighted by atomic mass is 16.5. The van der Waals surface area contributed by atoms with Crippen LogP contribution in [0.3, 0.4) is 0 Å². The Hall–Kier alpha value is -3.08. The number of benzene rings is 2. The Kier molecular flexibility index (Phi) is 4.44. The van der Waals surface area contributed by atoms with Gasteiger partial charge in [0.1, 0.15) is 11.6 Å². The number of fused-ring (bicyclic) bond motifs is 1. The summed E-state index contributed by atoms with van der Waals surface area (Å²) < 4.78 is 5.20. The molecule has 0 amide bonds. The maximum Gasteiger partial charge on any atom is 0.225 e. The molecule has 0 spiro atoms. The number of nitrogens with zero attached hydrogens (tertiary/aromatic N) is 3. The summed E-state index contributed by atoms with van der Waals surface area (Å²) >= 11 is 0. The molecule has 1 aliphatic heterocycles. The molecule has 0 saturated heterocycles. The molecule has 26 heavy (non-hydrogen) atoms. The van der Waals surface area contributed by atoms with Gasteiger partial charge in [0.05, 0.1) is 7.11 Å². The molecule has 1 aromatic heterocycles. The Balaban J connectivity index is 1.53. The topological polar surface area (TPSA) is 50.3 Å². The molecule has 1 N–H and O–H groups in total. The number of aryl methyl sites for hydroxylation is 1. The highest BCUT2D eigenvalue weighted by molar-refractivity contribution is 5.68. The third-order valence-corrected chi connectivity index (χ3v) is 4.61. The van der Waals surface area contributed by atoms with Crippen molar-refractivity contribution in [1.82, 2.24) is 9.97 Å². The van der Waals surface area contributed by atoms with Gasteiger partial charge in [-0.25, -0.2) is 4.98 Å². The molecular formula is C21H22N4O. The first-order valence-electron chi connectivity index (χ1n) is 8.81. The van der Waals surface area contributed by atoms with Crippen LogP contribution in [0.2, 0.25) is 0 Å². The number of anilines is 3. The van der Waals surface area contributed by atoms with E-state index in [0.717, 1.165) is 35.8 Å². The molecule has 0 aliphatic carbocycles. The monoisotopic (exact) mass is 346 g/mol. The summed E-state index contributed by atoms with van der Waals surface area (Å²) in [6.45, 7) is 3.63. The Morgan fingerprint density at radius 2 is 1.88 bits per heavy atom. The van der Waals surface area contributed by atoms with E-state index in [1.807, 2.05) is 37.3 Å². The third-order valence-electron chi connectivity index (χ3n) is 4.61. The summed E-state index contributed by atoms with van der Waals surface area (Å²) in [4.78, 5) is 11.5. The van der Waals surface area contributed by atoms with Crippen LogP contribution >= 0.6 is 0 Å². The van der Waals surface area contributed by atoms with E-state index in [-0.39, 0.29) is 0 Å². The second-order valence-electron chi connectivity index (χ2n) is 6.42. The Morgan fingerprint density at radius 3 is 2.69 bits per heavy atom. The van der Waals surface area contributed by atoms with E-state index in [4.69, 9.17) is 9.72 Å². The molecule has 5 nitrogen and oxygen atoms in total. The zero-order valence-corrected chi connectivity index (χ0v) is 15.1. The maximum absolute atomic E-state index is 5.20. The van der Waals surface area contributed by atoms with Gasteiger partial charge in [-0.3, -0.25) is 0 Å². The standard InChI is InChI=1S/C21H22N4O/c1-15-13-20(25-12-11-17-5-3-4-6-19(17)25)24-21(23-15)22-14-16-7-9-18(26-2)10-8-16/h3-10,13H,11-12,14H2,1-2H3,(H,22,23,24). The summed E-state index contributed by atoms with van der Waals surface area (Å²) in [7, 11) is 1.67. The summed E-state index contributed by atoms with van der Waals surface area (Å²) in [5.41, 5.74) is 4.73.